The van der Waals surface area contributed by atoms with E-state index in [1.54, 1.807) is 31.2 Å². The summed E-state index contributed by atoms with van der Waals surface area (Å²) in [6, 6.07) is 6.46. The number of carbonyl (C=O) groups is 2. The Morgan fingerprint density at radius 2 is 2.09 bits per heavy atom. The van der Waals surface area contributed by atoms with Crippen LogP contribution in [-0.2, 0) is 14.8 Å². The van der Waals surface area contributed by atoms with Crippen LogP contribution in [0.5, 0.6) is 0 Å². The Labute approximate surface area is 135 Å². The number of anilines is 1. The van der Waals surface area contributed by atoms with Gasteiger partial charge >= 0.3 is 5.97 Å². The Balaban J connectivity index is 2.21. The Hall–Kier alpha value is -2.09. The van der Waals surface area contributed by atoms with Crippen LogP contribution in [0.3, 0.4) is 0 Å². The van der Waals surface area contributed by atoms with E-state index in [1.165, 1.54) is 9.21 Å². The van der Waals surface area contributed by atoms with E-state index in [0.29, 0.717) is 30.8 Å². The molecular weight excluding hydrogens is 320 g/mol. The Bertz CT molecular complexity index is 702. The molecule has 1 aliphatic heterocycles. The minimum atomic E-state index is -3.30. The molecule has 0 atom stereocenters. The summed E-state index contributed by atoms with van der Waals surface area (Å²) in [6.45, 7) is 2.69. The molecule has 7 nitrogen and oxygen atoms in total. The minimum absolute atomic E-state index is 0.116. The summed E-state index contributed by atoms with van der Waals surface area (Å²) in [4.78, 5) is 24.6. The summed E-state index contributed by atoms with van der Waals surface area (Å²) in [5, 5.41) is 8.74. The second-order valence-corrected chi connectivity index (χ2v) is 7.33. The third-order valence-electron chi connectivity index (χ3n) is 3.74. The average molecular weight is 340 g/mol. The molecule has 0 radical (unpaired) electrons. The van der Waals surface area contributed by atoms with Gasteiger partial charge in [0.25, 0.3) is 5.91 Å². The van der Waals surface area contributed by atoms with Crippen LogP contribution in [0.4, 0.5) is 5.69 Å². The van der Waals surface area contributed by atoms with Gasteiger partial charge in [0, 0.05) is 25.2 Å². The monoisotopic (exact) mass is 340 g/mol. The van der Waals surface area contributed by atoms with Crippen LogP contribution in [0.2, 0.25) is 0 Å². The third-order valence-corrected chi connectivity index (χ3v) is 5.61. The lowest BCUT2D eigenvalue weighted by Crippen LogP contribution is -2.33. The summed E-state index contributed by atoms with van der Waals surface area (Å²) in [5.74, 6) is -1.15. The molecule has 2 rings (SSSR count). The van der Waals surface area contributed by atoms with Crippen LogP contribution in [0, 0.1) is 0 Å². The maximum absolute atomic E-state index is 12.5. The van der Waals surface area contributed by atoms with Crippen molar-refractivity contribution in [3.8, 4) is 0 Å². The molecule has 0 spiro atoms. The number of sulfonamides is 1. The lowest BCUT2D eigenvalue weighted by Gasteiger charge is -2.22. The van der Waals surface area contributed by atoms with Crippen molar-refractivity contribution >= 4 is 27.6 Å². The quantitative estimate of drug-likeness (QED) is 0.838. The highest BCUT2D eigenvalue weighted by Crippen LogP contribution is 2.25. The van der Waals surface area contributed by atoms with Crippen LogP contribution >= 0.6 is 0 Å². The molecule has 1 fully saturated rings. The number of aliphatic carboxylic acids is 1. The van der Waals surface area contributed by atoms with E-state index in [0.717, 1.165) is 0 Å². The first-order valence-electron chi connectivity index (χ1n) is 7.46. The lowest BCUT2D eigenvalue weighted by molar-refractivity contribution is -0.137. The van der Waals surface area contributed by atoms with Gasteiger partial charge in [-0.2, -0.15) is 0 Å². The molecule has 1 aromatic rings. The summed E-state index contributed by atoms with van der Waals surface area (Å²) in [6.07, 6.45) is 0.444. The third kappa shape index (κ3) is 4.01. The number of rotatable bonds is 6. The number of amides is 1. The van der Waals surface area contributed by atoms with Gasteiger partial charge in [-0.3, -0.25) is 13.9 Å². The van der Waals surface area contributed by atoms with Gasteiger partial charge in [-0.05, 0) is 31.5 Å². The minimum Gasteiger partial charge on any atom is -0.481 e. The summed E-state index contributed by atoms with van der Waals surface area (Å²) < 4.78 is 25.3. The van der Waals surface area contributed by atoms with Crippen LogP contribution in [0.1, 0.15) is 30.1 Å². The van der Waals surface area contributed by atoms with Crippen LogP contribution in [0.15, 0.2) is 24.3 Å². The van der Waals surface area contributed by atoms with E-state index in [2.05, 4.69) is 0 Å². The second-order valence-electron chi connectivity index (χ2n) is 5.32. The molecule has 1 aliphatic rings. The van der Waals surface area contributed by atoms with Gasteiger partial charge in [-0.15, -0.1) is 0 Å². The number of nitrogens with zero attached hydrogens (tertiary/aromatic N) is 2. The van der Waals surface area contributed by atoms with E-state index in [1.807, 2.05) is 0 Å². The smallest absolute Gasteiger partial charge is 0.305 e. The summed E-state index contributed by atoms with van der Waals surface area (Å²) >= 11 is 0. The molecule has 8 heteroatoms. The van der Waals surface area contributed by atoms with Crippen molar-refractivity contribution < 1.29 is 23.1 Å². The zero-order chi connectivity index (χ0) is 17.0. The van der Waals surface area contributed by atoms with Gasteiger partial charge in [0.2, 0.25) is 10.0 Å². The Morgan fingerprint density at radius 1 is 1.35 bits per heavy atom. The molecule has 0 bridgehead atoms. The lowest BCUT2D eigenvalue weighted by atomic mass is 10.1. The average Bonchev–Trinajstić information content (AvgIpc) is 2.87. The van der Waals surface area contributed by atoms with Gasteiger partial charge in [0.15, 0.2) is 0 Å². The summed E-state index contributed by atoms with van der Waals surface area (Å²) in [5.41, 5.74) is 0.833. The molecule has 1 amide bonds. The number of carbonyl (C=O) groups excluding carboxylic acids is 1. The molecule has 126 valence electrons. The highest BCUT2D eigenvalue weighted by Gasteiger charge is 2.29. The van der Waals surface area contributed by atoms with Crippen molar-refractivity contribution in [2.45, 2.75) is 19.8 Å². The van der Waals surface area contributed by atoms with Crippen molar-refractivity contribution in [2.24, 2.45) is 0 Å². The highest BCUT2D eigenvalue weighted by atomic mass is 32.2. The van der Waals surface area contributed by atoms with Crippen LogP contribution in [-0.4, -0.2) is 55.7 Å². The molecule has 0 aliphatic carbocycles. The zero-order valence-electron chi connectivity index (χ0n) is 12.9. The topological polar surface area (TPSA) is 95.0 Å². The number of carboxylic acid groups (broad SMARTS) is 1. The molecule has 1 heterocycles. The normalized spacial score (nSPS) is 16.3. The Kier molecular flexibility index (Phi) is 5.25. The fourth-order valence-electron chi connectivity index (χ4n) is 2.54. The van der Waals surface area contributed by atoms with Crippen molar-refractivity contribution in [1.82, 2.24) is 4.90 Å². The van der Waals surface area contributed by atoms with Crippen LogP contribution < -0.4 is 4.31 Å². The van der Waals surface area contributed by atoms with Crippen molar-refractivity contribution in [1.29, 1.82) is 0 Å². The van der Waals surface area contributed by atoms with E-state index in [-0.39, 0.29) is 24.6 Å². The molecular formula is C15H20N2O5S. The zero-order valence-corrected chi connectivity index (χ0v) is 13.8. The van der Waals surface area contributed by atoms with E-state index in [4.69, 9.17) is 5.11 Å². The molecule has 0 aromatic heterocycles. The first-order valence-corrected chi connectivity index (χ1v) is 9.07. The first-order chi connectivity index (χ1) is 10.8. The molecule has 23 heavy (non-hydrogen) atoms. The van der Waals surface area contributed by atoms with Crippen LogP contribution in [0.25, 0.3) is 0 Å². The highest BCUT2D eigenvalue weighted by molar-refractivity contribution is 7.93. The van der Waals surface area contributed by atoms with Gasteiger partial charge in [0.05, 0.1) is 17.9 Å². The number of hydrogen-bond donors (Lipinski definition) is 1. The molecule has 1 N–H and O–H groups in total. The van der Waals surface area contributed by atoms with E-state index >= 15 is 0 Å². The SMILES string of the molecule is CCN(CCC(=O)O)C(=O)c1cccc(N2CCCS2(=O)=O)c1. The van der Waals surface area contributed by atoms with Gasteiger partial charge in [0.1, 0.15) is 0 Å². The Morgan fingerprint density at radius 3 is 2.65 bits per heavy atom. The predicted molar refractivity (Wildman–Crippen MR) is 86.0 cm³/mol. The standard InChI is InChI=1S/C15H20N2O5S/c1-2-16(9-7-14(18)19)15(20)12-5-3-6-13(11-12)17-8-4-10-23(17,21)22/h3,5-6,11H,2,4,7-10H2,1H3,(H,18,19). The molecule has 0 unspecified atom stereocenters. The molecule has 1 aromatic carbocycles. The summed E-state index contributed by atoms with van der Waals surface area (Å²) in [7, 11) is -3.30. The number of carboxylic acids is 1. The number of hydrogen-bond acceptors (Lipinski definition) is 4. The van der Waals surface area contributed by atoms with Crippen molar-refractivity contribution in [3.63, 3.8) is 0 Å². The van der Waals surface area contributed by atoms with Gasteiger partial charge in [-0.1, -0.05) is 6.07 Å². The van der Waals surface area contributed by atoms with Gasteiger partial charge in [-0.25, -0.2) is 8.42 Å². The second kappa shape index (κ2) is 6.99. The first kappa shape index (κ1) is 17.3. The molecule has 0 saturated carbocycles. The van der Waals surface area contributed by atoms with Gasteiger partial charge < -0.3 is 10.0 Å². The number of benzene rings is 1. The maximum atomic E-state index is 12.5. The maximum Gasteiger partial charge on any atom is 0.305 e. The van der Waals surface area contributed by atoms with Crippen molar-refractivity contribution in [3.05, 3.63) is 29.8 Å². The van der Waals surface area contributed by atoms with E-state index in [9.17, 15) is 18.0 Å². The molecule has 1 saturated heterocycles. The largest absolute Gasteiger partial charge is 0.481 e. The predicted octanol–water partition coefficient (Wildman–Crippen LogP) is 1.16. The van der Waals surface area contributed by atoms with E-state index < -0.39 is 16.0 Å². The fourth-order valence-corrected chi connectivity index (χ4v) is 4.10. The fraction of sp³-hybridized carbons (Fsp3) is 0.467. The van der Waals surface area contributed by atoms with Crippen molar-refractivity contribution in [2.75, 3.05) is 29.7 Å².